The van der Waals surface area contributed by atoms with Crippen molar-refractivity contribution in [3.63, 3.8) is 0 Å². The van der Waals surface area contributed by atoms with Gasteiger partial charge in [0.15, 0.2) is 5.13 Å². The number of ether oxygens (including phenoxy) is 1. The molecule has 254 valence electrons. The number of fused-ring (bicyclic) bond motifs is 3. The number of rotatable bonds is 7. The van der Waals surface area contributed by atoms with Crippen LogP contribution in [0.3, 0.4) is 0 Å². The summed E-state index contributed by atoms with van der Waals surface area (Å²) >= 11 is 0.850. The van der Waals surface area contributed by atoms with Gasteiger partial charge in [-0.15, -0.1) is 0 Å². The molecule has 1 amide bonds. The predicted molar refractivity (Wildman–Crippen MR) is 174 cm³/mol. The molecule has 9 nitrogen and oxygen atoms in total. The molecule has 4 unspecified atom stereocenters. The topological polar surface area (TPSA) is 101 Å². The summed E-state index contributed by atoms with van der Waals surface area (Å²) in [7, 11) is 1.72. The lowest BCUT2D eigenvalue weighted by atomic mass is 9.95. The van der Waals surface area contributed by atoms with Gasteiger partial charge in [-0.2, -0.15) is 23.1 Å². The monoisotopic (exact) mass is 687 g/mol. The number of amides is 1. The number of hydrogen-bond donors (Lipinski definition) is 1. The van der Waals surface area contributed by atoms with Gasteiger partial charge in [-0.3, -0.25) is 9.69 Å². The molecule has 48 heavy (non-hydrogen) atoms. The summed E-state index contributed by atoms with van der Waals surface area (Å²) in [5.41, 5.74) is 4.33. The second-order valence-corrected chi connectivity index (χ2v) is 14.0. The van der Waals surface area contributed by atoms with Crippen LogP contribution in [0.25, 0.3) is 32.2 Å². The third kappa shape index (κ3) is 5.50. The molecule has 0 aliphatic carbocycles. The van der Waals surface area contributed by atoms with E-state index in [2.05, 4.69) is 26.4 Å². The summed E-state index contributed by atoms with van der Waals surface area (Å²) in [4.78, 5) is 31.4. The van der Waals surface area contributed by atoms with Crippen molar-refractivity contribution >= 4 is 49.3 Å². The van der Waals surface area contributed by atoms with E-state index in [-0.39, 0.29) is 73.8 Å². The van der Waals surface area contributed by atoms with Crippen molar-refractivity contribution in [3.8, 4) is 17.1 Å². The Morgan fingerprint density at radius 3 is 2.77 bits per heavy atom. The molecule has 0 spiro atoms. The Morgan fingerprint density at radius 2 is 2.02 bits per heavy atom. The first-order chi connectivity index (χ1) is 22.8. The summed E-state index contributed by atoms with van der Waals surface area (Å²) in [5.74, 6) is -0.693. The molecule has 3 aliphatic heterocycles. The number of likely N-dealkylation sites (N-methyl/N-ethyl adjacent to an activating group) is 1. The van der Waals surface area contributed by atoms with E-state index in [1.165, 1.54) is 18.2 Å². The number of aromatic nitrogens is 3. The quantitative estimate of drug-likeness (QED) is 0.181. The highest BCUT2D eigenvalue weighted by Crippen LogP contribution is 2.45. The van der Waals surface area contributed by atoms with Crippen LogP contribution < -0.4 is 15.4 Å². The normalized spacial score (nSPS) is 24.5. The first kappa shape index (κ1) is 32.4. The molecule has 0 saturated carbocycles. The molecule has 2 N–H and O–H groups in total. The number of benzene rings is 2. The van der Waals surface area contributed by atoms with Gasteiger partial charge in [0.1, 0.15) is 24.4 Å². The number of nitrogen functional groups attached to an aromatic ring is 1. The number of alkyl halides is 4. The number of thiazole rings is 1. The number of likely N-dealkylation sites (tertiary alicyclic amines) is 1. The van der Waals surface area contributed by atoms with Crippen LogP contribution in [-0.2, 0) is 11.0 Å². The second kappa shape index (κ2) is 11.8. The standard InChI is InChI=1S/C33H34F5N7O2S/c1-4-26(46)45-15-19(10-17(45)2)43(3)29-22-11-23(33(36,37)38)21(20-6-7-24(35)28-27(20)41-30(39)48-28)12-25(22)40-31(42-29)47-16-32-8-5-9-44(32)14-18(34)13-32/h4,6-7,11-12,17-19H,1,5,8-10,13-16H2,2-3H3,(H2,39,41). The van der Waals surface area contributed by atoms with Crippen LogP contribution in [-0.4, -0.2) is 87.7 Å². The van der Waals surface area contributed by atoms with E-state index in [1.54, 1.807) is 16.8 Å². The Labute approximate surface area is 277 Å². The number of carbonyl (C=O) groups excluding carboxylic acids is 1. The van der Waals surface area contributed by atoms with Gasteiger partial charge in [0.2, 0.25) is 5.91 Å². The van der Waals surface area contributed by atoms with Gasteiger partial charge in [0.05, 0.1) is 26.8 Å². The zero-order valence-corrected chi connectivity index (χ0v) is 27.2. The SMILES string of the molecule is C=CC(=O)N1CC(N(C)c2nc(OCC34CCCN3CC(F)C4)nc3cc(-c4ccc(F)c5sc(N)nc45)c(C(F)(F)F)cc23)CC1C. The summed E-state index contributed by atoms with van der Waals surface area (Å²) in [6.45, 7) is 7.00. The van der Waals surface area contributed by atoms with Gasteiger partial charge in [-0.1, -0.05) is 17.9 Å². The van der Waals surface area contributed by atoms with Crippen molar-refractivity contribution in [1.29, 1.82) is 0 Å². The van der Waals surface area contributed by atoms with E-state index < -0.39 is 29.3 Å². The molecule has 4 atom stereocenters. The zero-order chi connectivity index (χ0) is 34.1. The molecule has 0 bridgehead atoms. The maximum absolute atomic E-state index is 14.9. The second-order valence-electron chi connectivity index (χ2n) is 13.0. The van der Waals surface area contributed by atoms with E-state index in [4.69, 9.17) is 10.5 Å². The molecular weight excluding hydrogens is 653 g/mol. The van der Waals surface area contributed by atoms with Gasteiger partial charge in [0, 0.05) is 49.6 Å². The highest BCUT2D eigenvalue weighted by Gasteiger charge is 2.49. The number of hydrogen-bond acceptors (Lipinski definition) is 9. The van der Waals surface area contributed by atoms with Crippen LogP contribution in [0.5, 0.6) is 6.01 Å². The fraction of sp³-hybridized carbons (Fsp3) is 0.455. The summed E-state index contributed by atoms with van der Waals surface area (Å²) in [6, 6.07) is 4.15. The van der Waals surface area contributed by atoms with Gasteiger partial charge in [-0.05, 0) is 68.6 Å². The lowest BCUT2D eigenvalue weighted by Crippen LogP contribution is -2.43. The first-order valence-corrected chi connectivity index (χ1v) is 16.6. The molecular formula is C33H34F5N7O2S. The van der Waals surface area contributed by atoms with Crippen LogP contribution in [0.15, 0.2) is 36.9 Å². The summed E-state index contributed by atoms with van der Waals surface area (Å²) < 4.78 is 80.0. The Morgan fingerprint density at radius 1 is 1.23 bits per heavy atom. The lowest BCUT2D eigenvalue weighted by Gasteiger charge is -2.31. The van der Waals surface area contributed by atoms with Gasteiger partial charge in [-0.25, -0.2) is 13.8 Å². The number of anilines is 2. The predicted octanol–water partition coefficient (Wildman–Crippen LogP) is 6.21. The highest BCUT2D eigenvalue weighted by molar-refractivity contribution is 7.22. The Kier molecular flexibility index (Phi) is 7.97. The third-order valence-electron chi connectivity index (χ3n) is 10.0. The fourth-order valence-corrected chi connectivity index (χ4v) is 8.43. The van der Waals surface area contributed by atoms with E-state index >= 15 is 0 Å². The maximum Gasteiger partial charge on any atom is 0.417 e. The van der Waals surface area contributed by atoms with E-state index in [0.717, 1.165) is 42.9 Å². The van der Waals surface area contributed by atoms with Crippen molar-refractivity contribution in [2.45, 2.75) is 62.6 Å². The van der Waals surface area contributed by atoms with Crippen molar-refractivity contribution < 1.29 is 31.5 Å². The molecule has 2 aromatic heterocycles. The molecule has 4 aromatic rings. The summed E-state index contributed by atoms with van der Waals surface area (Å²) in [6.07, 6.45) is -2.05. The Hall–Kier alpha value is -4.11. The van der Waals surface area contributed by atoms with Crippen LogP contribution in [0.1, 0.15) is 38.2 Å². The van der Waals surface area contributed by atoms with Crippen molar-refractivity contribution in [3.05, 3.63) is 48.3 Å². The van der Waals surface area contributed by atoms with Crippen LogP contribution in [0.2, 0.25) is 0 Å². The first-order valence-electron chi connectivity index (χ1n) is 15.7. The summed E-state index contributed by atoms with van der Waals surface area (Å²) in [5, 5.41) is 0.133. The van der Waals surface area contributed by atoms with E-state index in [1.807, 2.05) is 6.92 Å². The minimum absolute atomic E-state index is 0.0135. The smallest absolute Gasteiger partial charge is 0.417 e. The highest BCUT2D eigenvalue weighted by atomic mass is 32.1. The van der Waals surface area contributed by atoms with Crippen LogP contribution in [0.4, 0.5) is 32.9 Å². The average molecular weight is 688 g/mol. The third-order valence-corrected chi connectivity index (χ3v) is 10.9. The molecule has 15 heteroatoms. The molecule has 7 rings (SSSR count). The molecule has 2 aromatic carbocycles. The van der Waals surface area contributed by atoms with Crippen LogP contribution in [0, 0.1) is 5.82 Å². The molecule has 3 aliphatic rings. The fourth-order valence-electron chi connectivity index (χ4n) is 7.67. The molecule has 3 fully saturated rings. The van der Waals surface area contributed by atoms with Crippen molar-refractivity contribution in [2.24, 2.45) is 0 Å². The van der Waals surface area contributed by atoms with E-state index in [9.17, 15) is 26.7 Å². The Bertz CT molecular complexity index is 1940. The average Bonchev–Trinajstić information content (AvgIpc) is 3.80. The van der Waals surface area contributed by atoms with E-state index in [0.29, 0.717) is 25.9 Å². The lowest BCUT2D eigenvalue weighted by molar-refractivity contribution is -0.137. The number of halogens is 5. The minimum atomic E-state index is -4.82. The number of nitrogens with two attached hydrogens (primary N) is 1. The molecule has 5 heterocycles. The number of nitrogens with zero attached hydrogens (tertiary/aromatic N) is 6. The maximum atomic E-state index is 14.9. The number of carbonyl (C=O) groups is 1. The van der Waals surface area contributed by atoms with Gasteiger partial charge < -0.3 is 20.3 Å². The van der Waals surface area contributed by atoms with Gasteiger partial charge >= 0.3 is 12.2 Å². The van der Waals surface area contributed by atoms with Crippen molar-refractivity contribution in [1.82, 2.24) is 24.8 Å². The zero-order valence-electron chi connectivity index (χ0n) is 26.4. The Balaban J connectivity index is 1.38. The minimum Gasteiger partial charge on any atom is -0.461 e. The molecule has 0 radical (unpaired) electrons. The van der Waals surface area contributed by atoms with Crippen molar-refractivity contribution in [2.75, 3.05) is 43.9 Å². The van der Waals surface area contributed by atoms with Gasteiger partial charge in [0.25, 0.3) is 0 Å². The van der Waals surface area contributed by atoms with Crippen LogP contribution >= 0.6 is 11.3 Å². The molecule has 3 saturated heterocycles. The largest absolute Gasteiger partial charge is 0.461 e.